The fourth-order valence-corrected chi connectivity index (χ4v) is 3.13. The van der Waals surface area contributed by atoms with Gasteiger partial charge in [-0.05, 0) is 35.2 Å². The number of aromatic nitrogens is 2. The summed E-state index contributed by atoms with van der Waals surface area (Å²) in [5, 5.41) is 7.02. The number of amides is 1. The topological polar surface area (TPSA) is 67.2 Å². The largest absolute Gasteiger partial charge is 0.368 e. The molecule has 7 heteroatoms. The number of nitrogens with zero attached hydrogens (tertiary/aromatic N) is 3. The van der Waals surface area contributed by atoms with Crippen LogP contribution in [0.2, 0.25) is 0 Å². The molecule has 6 nitrogen and oxygen atoms in total. The maximum atomic E-state index is 12.1. The van der Waals surface area contributed by atoms with E-state index in [0.717, 1.165) is 31.5 Å². The molecule has 2 heterocycles. The van der Waals surface area contributed by atoms with Crippen LogP contribution in [0.4, 0.5) is 5.69 Å². The van der Waals surface area contributed by atoms with Crippen LogP contribution in [0, 0.1) is 5.92 Å². The van der Waals surface area contributed by atoms with E-state index >= 15 is 0 Å². The highest BCUT2D eigenvalue weighted by molar-refractivity contribution is 9.10. The molecular formula is C14H21BrN4O2. The smallest absolute Gasteiger partial charge is 0.282 e. The van der Waals surface area contributed by atoms with E-state index < -0.39 is 0 Å². The van der Waals surface area contributed by atoms with Gasteiger partial charge in [-0.2, -0.15) is 5.10 Å². The van der Waals surface area contributed by atoms with Crippen molar-refractivity contribution in [1.82, 2.24) is 15.1 Å². The van der Waals surface area contributed by atoms with Crippen LogP contribution in [0.1, 0.15) is 26.2 Å². The first-order chi connectivity index (χ1) is 10.0. The molecule has 0 saturated carbocycles. The van der Waals surface area contributed by atoms with Crippen LogP contribution in [0.3, 0.4) is 0 Å². The van der Waals surface area contributed by atoms with E-state index in [-0.39, 0.29) is 17.4 Å². The molecule has 1 aromatic heterocycles. The van der Waals surface area contributed by atoms with Gasteiger partial charge in [0.25, 0.3) is 5.56 Å². The van der Waals surface area contributed by atoms with Gasteiger partial charge in [-0.3, -0.25) is 9.59 Å². The van der Waals surface area contributed by atoms with Crippen LogP contribution >= 0.6 is 15.9 Å². The van der Waals surface area contributed by atoms with Gasteiger partial charge in [-0.1, -0.05) is 6.92 Å². The Bertz CT molecular complexity index is 573. The van der Waals surface area contributed by atoms with E-state index in [2.05, 4.69) is 31.2 Å². The Kier molecular flexibility index (Phi) is 5.39. The van der Waals surface area contributed by atoms with Crippen molar-refractivity contribution in [3.05, 3.63) is 21.0 Å². The predicted octanol–water partition coefficient (Wildman–Crippen LogP) is 1.29. The van der Waals surface area contributed by atoms with Gasteiger partial charge in [0.05, 0.1) is 17.8 Å². The minimum Gasteiger partial charge on any atom is -0.368 e. The van der Waals surface area contributed by atoms with Crippen LogP contribution < -0.4 is 15.8 Å². The van der Waals surface area contributed by atoms with E-state index in [1.807, 2.05) is 6.92 Å². The summed E-state index contributed by atoms with van der Waals surface area (Å²) in [5.41, 5.74) is 0.608. The van der Waals surface area contributed by atoms with Crippen molar-refractivity contribution in [2.24, 2.45) is 13.0 Å². The molecule has 0 aliphatic carbocycles. The predicted molar refractivity (Wildman–Crippen MR) is 85.4 cm³/mol. The van der Waals surface area contributed by atoms with E-state index in [4.69, 9.17) is 0 Å². The summed E-state index contributed by atoms with van der Waals surface area (Å²) >= 11 is 3.35. The first-order valence-corrected chi connectivity index (χ1v) is 8.08. The second-order valence-electron chi connectivity index (χ2n) is 5.35. The Morgan fingerprint density at radius 1 is 1.57 bits per heavy atom. The summed E-state index contributed by atoms with van der Waals surface area (Å²) in [4.78, 5) is 26.1. The molecule has 2 rings (SSSR count). The molecule has 1 aliphatic heterocycles. The SMILES string of the molecule is CCCNC(=O)C1CCCN(c2cnn(C)c(=O)c2Br)C1. The van der Waals surface area contributed by atoms with Crippen LogP contribution in [0.5, 0.6) is 0 Å². The molecule has 0 spiro atoms. The molecule has 21 heavy (non-hydrogen) atoms. The summed E-state index contributed by atoms with van der Waals surface area (Å²) in [6.45, 7) is 4.22. The minimum absolute atomic E-state index is 0.0266. The highest BCUT2D eigenvalue weighted by Gasteiger charge is 2.27. The molecule has 1 aromatic rings. The summed E-state index contributed by atoms with van der Waals surface area (Å²) in [6, 6.07) is 0. The molecular weight excluding hydrogens is 336 g/mol. The maximum Gasteiger partial charge on any atom is 0.282 e. The lowest BCUT2D eigenvalue weighted by molar-refractivity contribution is -0.125. The van der Waals surface area contributed by atoms with Gasteiger partial charge in [0.2, 0.25) is 5.91 Å². The number of rotatable bonds is 4. The second-order valence-corrected chi connectivity index (χ2v) is 6.14. The molecule has 1 N–H and O–H groups in total. The van der Waals surface area contributed by atoms with Crippen LogP contribution in [-0.2, 0) is 11.8 Å². The van der Waals surface area contributed by atoms with Crippen molar-refractivity contribution in [2.75, 3.05) is 24.5 Å². The molecule has 1 amide bonds. The number of piperidine rings is 1. The van der Waals surface area contributed by atoms with Gasteiger partial charge in [-0.25, -0.2) is 4.68 Å². The molecule has 1 unspecified atom stereocenters. The van der Waals surface area contributed by atoms with Crippen molar-refractivity contribution in [3.63, 3.8) is 0 Å². The summed E-state index contributed by atoms with van der Waals surface area (Å²) in [6.07, 6.45) is 4.44. The minimum atomic E-state index is -0.162. The Labute approximate surface area is 132 Å². The van der Waals surface area contributed by atoms with Crippen molar-refractivity contribution >= 4 is 27.5 Å². The first-order valence-electron chi connectivity index (χ1n) is 7.29. The third-order valence-electron chi connectivity index (χ3n) is 3.74. The fourth-order valence-electron chi connectivity index (χ4n) is 2.52. The van der Waals surface area contributed by atoms with Gasteiger partial charge >= 0.3 is 0 Å². The summed E-state index contributed by atoms with van der Waals surface area (Å²) in [7, 11) is 1.62. The number of anilines is 1. The number of aryl methyl sites for hydroxylation is 1. The Hall–Kier alpha value is -1.37. The summed E-state index contributed by atoms with van der Waals surface area (Å²) < 4.78 is 1.80. The third kappa shape index (κ3) is 3.64. The molecule has 0 bridgehead atoms. The summed E-state index contributed by atoms with van der Waals surface area (Å²) in [5.74, 6) is 0.0794. The number of halogens is 1. The number of carbonyl (C=O) groups excluding carboxylic acids is 1. The van der Waals surface area contributed by atoms with Gasteiger partial charge in [0.1, 0.15) is 4.47 Å². The van der Waals surface area contributed by atoms with Crippen LogP contribution in [-0.4, -0.2) is 35.3 Å². The molecule has 116 valence electrons. The number of hydrogen-bond donors (Lipinski definition) is 1. The average Bonchev–Trinajstić information content (AvgIpc) is 2.50. The zero-order valence-electron chi connectivity index (χ0n) is 12.4. The zero-order chi connectivity index (χ0) is 15.4. The van der Waals surface area contributed by atoms with E-state index in [1.54, 1.807) is 13.2 Å². The fraction of sp³-hybridized carbons (Fsp3) is 0.643. The van der Waals surface area contributed by atoms with Crippen LogP contribution in [0.25, 0.3) is 0 Å². The lowest BCUT2D eigenvalue weighted by Crippen LogP contribution is -2.44. The quantitative estimate of drug-likeness (QED) is 0.882. The molecule has 1 aliphatic rings. The molecule has 0 aromatic carbocycles. The van der Waals surface area contributed by atoms with Crippen molar-refractivity contribution < 1.29 is 4.79 Å². The van der Waals surface area contributed by atoms with Crippen molar-refractivity contribution in [1.29, 1.82) is 0 Å². The highest BCUT2D eigenvalue weighted by Crippen LogP contribution is 2.27. The Morgan fingerprint density at radius 3 is 3.05 bits per heavy atom. The normalized spacial score (nSPS) is 18.6. The lowest BCUT2D eigenvalue weighted by Gasteiger charge is -2.33. The Morgan fingerprint density at radius 2 is 2.33 bits per heavy atom. The zero-order valence-corrected chi connectivity index (χ0v) is 14.0. The number of carbonyl (C=O) groups is 1. The van der Waals surface area contributed by atoms with Gasteiger partial charge in [-0.15, -0.1) is 0 Å². The van der Waals surface area contributed by atoms with E-state index in [9.17, 15) is 9.59 Å². The first kappa shape index (κ1) is 16.0. The van der Waals surface area contributed by atoms with E-state index in [0.29, 0.717) is 17.6 Å². The van der Waals surface area contributed by atoms with Crippen LogP contribution in [0.15, 0.2) is 15.5 Å². The van der Waals surface area contributed by atoms with Crippen molar-refractivity contribution in [2.45, 2.75) is 26.2 Å². The molecule has 0 radical (unpaired) electrons. The monoisotopic (exact) mass is 356 g/mol. The van der Waals surface area contributed by atoms with Gasteiger partial charge < -0.3 is 10.2 Å². The second kappa shape index (κ2) is 7.06. The molecule has 1 saturated heterocycles. The van der Waals surface area contributed by atoms with E-state index in [1.165, 1.54) is 4.68 Å². The Balaban J connectivity index is 2.13. The van der Waals surface area contributed by atoms with Crippen molar-refractivity contribution in [3.8, 4) is 0 Å². The number of nitrogens with one attached hydrogen (secondary N) is 1. The maximum absolute atomic E-state index is 12.1. The standard InChI is InChI=1S/C14H21BrN4O2/c1-3-6-16-13(20)10-5-4-7-19(9-10)11-8-17-18(2)14(21)12(11)15/h8,10H,3-7,9H2,1-2H3,(H,16,20). The van der Waals surface area contributed by atoms with Gasteiger partial charge in [0.15, 0.2) is 0 Å². The number of hydrogen-bond acceptors (Lipinski definition) is 4. The third-order valence-corrected chi connectivity index (χ3v) is 4.49. The molecule has 1 atom stereocenters. The molecule has 1 fully saturated rings. The highest BCUT2D eigenvalue weighted by atomic mass is 79.9. The lowest BCUT2D eigenvalue weighted by atomic mass is 9.97. The van der Waals surface area contributed by atoms with Gasteiger partial charge in [0, 0.05) is 26.7 Å². The average molecular weight is 357 g/mol.